The Morgan fingerprint density at radius 2 is 1.78 bits per heavy atom. The van der Waals surface area contributed by atoms with E-state index in [0.29, 0.717) is 22.0 Å². The lowest BCUT2D eigenvalue weighted by Crippen LogP contribution is -2.40. The van der Waals surface area contributed by atoms with E-state index in [9.17, 15) is 27.9 Å². The van der Waals surface area contributed by atoms with Crippen molar-refractivity contribution in [2.24, 2.45) is 7.05 Å². The second-order valence-corrected chi connectivity index (χ2v) is 9.04. The third-order valence-corrected chi connectivity index (χ3v) is 6.26. The third kappa shape index (κ3) is 5.72. The van der Waals surface area contributed by atoms with E-state index in [1.165, 1.54) is 29.8 Å². The molecule has 37 heavy (non-hydrogen) atoms. The van der Waals surface area contributed by atoms with Crippen LogP contribution in [0.4, 0.5) is 13.2 Å². The number of nitrogens with zero attached hydrogens (tertiary/aromatic N) is 4. The molecule has 0 aliphatic carbocycles. The van der Waals surface area contributed by atoms with Crippen molar-refractivity contribution < 1.29 is 23.0 Å². The molecule has 4 aromatic rings. The molecule has 0 aliphatic heterocycles. The van der Waals surface area contributed by atoms with E-state index in [0.717, 1.165) is 10.1 Å². The average molecular weight is 537 g/mol. The minimum Gasteiger partial charge on any atom is -0.406 e. The van der Waals surface area contributed by atoms with Crippen LogP contribution in [0.2, 0.25) is 5.02 Å². The molecule has 8 nitrogen and oxygen atoms in total. The summed E-state index contributed by atoms with van der Waals surface area (Å²) < 4.78 is 46.4. The Morgan fingerprint density at radius 1 is 1.08 bits per heavy atom. The van der Waals surface area contributed by atoms with E-state index in [1.807, 2.05) is 0 Å². The number of aromatic nitrogens is 4. The average Bonchev–Trinajstić information content (AvgIpc) is 3.18. The van der Waals surface area contributed by atoms with E-state index in [2.05, 4.69) is 9.72 Å². The summed E-state index contributed by atoms with van der Waals surface area (Å²) in [7, 11) is 1.49. The van der Waals surface area contributed by atoms with Gasteiger partial charge in [0.2, 0.25) is 0 Å². The summed E-state index contributed by atoms with van der Waals surface area (Å²) in [6, 6.07) is 11.0. The molecular formula is C25H24ClF3N4O4. The van der Waals surface area contributed by atoms with Gasteiger partial charge in [-0.1, -0.05) is 29.8 Å². The molecule has 0 unspecified atom stereocenters. The molecule has 1 N–H and O–H groups in total. The van der Waals surface area contributed by atoms with Crippen LogP contribution in [-0.2, 0) is 26.6 Å². The molecule has 0 bridgehead atoms. The van der Waals surface area contributed by atoms with Gasteiger partial charge in [-0.15, -0.1) is 13.2 Å². The Morgan fingerprint density at radius 3 is 2.43 bits per heavy atom. The summed E-state index contributed by atoms with van der Waals surface area (Å²) in [5.41, 5.74) is 1.19. The maximum atomic E-state index is 13.5. The number of aliphatic hydroxyl groups excluding tert-OH is 1. The number of ether oxygens (including phenoxy) is 1. The van der Waals surface area contributed by atoms with Gasteiger partial charge in [0.05, 0.1) is 0 Å². The van der Waals surface area contributed by atoms with Crippen molar-refractivity contribution in [2.75, 3.05) is 6.61 Å². The summed E-state index contributed by atoms with van der Waals surface area (Å²) in [6.07, 6.45) is -4.55. The van der Waals surface area contributed by atoms with Crippen molar-refractivity contribution in [1.29, 1.82) is 0 Å². The predicted octanol–water partition coefficient (Wildman–Crippen LogP) is 3.78. The summed E-state index contributed by atoms with van der Waals surface area (Å²) in [4.78, 5) is 30.9. The Balaban J connectivity index is 1.90. The molecule has 2 aromatic carbocycles. The standard InChI is InChI=1S/C25H24ClF3N4O4/c1-15-4-9-19(37-25(27,28)29)12-17(15)13-20-30-22-21(33(20)14-16-5-7-18(26)8-6-16)23(35)32(10-3-11-34)24(36)31(22)2/h4-9,12,34H,3,10-11,13-14H2,1-2H3. The zero-order chi connectivity index (χ0) is 26.9. The van der Waals surface area contributed by atoms with Gasteiger partial charge >= 0.3 is 12.1 Å². The van der Waals surface area contributed by atoms with Crippen molar-refractivity contribution in [1.82, 2.24) is 18.7 Å². The van der Waals surface area contributed by atoms with Gasteiger partial charge in [0.25, 0.3) is 5.56 Å². The molecule has 2 aromatic heterocycles. The van der Waals surface area contributed by atoms with Crippen molar-refractivity contribution in [3.63, 3.8) is 0 Å². The monoisotopic (exact) mass is 536 g/mol. The van der Waals surface area contributed by atoms with Crippen LogP contribution in [0.25, 0.3) is 11.2 Å². The molecule has 0 saturated heterocycles. The van der Waals surface area contributed by atoms with E-state index >= 15 is 0 Å². The van der Waals surface area contributed by atoms with Crippen LogP contribution in [-0.4, -0.2) is 36.8 Å². The van der Waals surface area contributed by atoms with Crippen molar-refractivity contribution in [3.8, 4) is 5.75 Å². The molecule has 4 rings (SSSR count). The predicted molar refractivity (Wildman–Crippen MR) is 132 cm³/mol. The van der Waals surface area contributed by atoms with Gasteiger partial charge in [0.1, 0.15) is 11.6 Å². The van der Waals surface area contributed by atoms with Crippen LogP contribution in [0.1, 0.15) is 28.9 Å². The first-order valence-corrected chi connectivity index (χ1v) is 11.8. The van der Waals surface area contributed by atoms with Crippen LogP contribution in [0, 0.1) is 6.92 Å². The number of fused-ring (bicyclic) bond motifs is 1. The molecule has 0 amide bonds. The normalized spacial score (nSPS) is 11.9. The third-order valence-electron chi connectivity index (χ3n) is 6.01. The fraction of sp³-hybridized carbons (Fsp3) is 0.320. The molecule has 12 heteroatoms. The van der Waals surface area contributed by atoms with E-state index in [-0.39, 0.29) is 49.5 Å². The Kier molecular flexibility index (Phi) is 7.47. The summed E-state index contributed by atoms with van der Waals surface area (Å²) in [5.74, 6) is 0.0106. The molecule has 0 saturated carbocycles. The lowest BCUT2D eigenvalue weighted by molar-refractivity contribution is -0.274. The highest BCUT2D eigenvalue weighted by Gasteiger charge is 2.31. The SMILES string of the molecule is Cc1ccc(OC(F)(F)F)cc1Cc1nc2c(c(=O)n(CCCO)c(=O)n2C)n1Cc1ccc(Cl)cc1. The first-order valence-electron chi connectivity index (χ1n) is 11.4. The molecule has 0 spiro atoms. The molecule has 0 atom stereocenters. The summed E-state index contributed by atoms with van der Waals surface area (Å²) >= 11 is 6.02. The van der Waals surface area contributed by atoms with Crippen molar-refractivity contribution in [3.05, 3.63) is 90.8 Å². The fourth-order valence-electron chi connectivity index (χ4n) is 4.13. The number of alkyl halides is 3. The van der Waals surface area contributed by atoms with Crippen LogP contribution in [0.3, 0.4) is 0 Å². The number of hydrogen-bond acceptors (Lipinski definition) is 5. The number of benzene rings is 2. The number of aliphatic hydroxyl groups is 1. The Hall–Kier alpha value is -3.57. The van der Waals surface area contributed by atoms with Crippen LogP contribution < -0.4 is 16.0 Å². The Labute approximate surface area is 214 Å². The fourth-order valence-corrected chi connectivity index (χ4v) is 4.25. The van der Waals surface area contributed by atoms with Gasteiger partial charge < -0.3 is 14.4 Å². The zero-order valence-corrected chi connectivity index (χ0v) is 20.8. The second-order valence-electron chi connectivity index (χ2n) is 8.60. The molecule has 0 aliphatic rings. The van der Waals surface area contributed by atoms with E-state index in [4.69, 9.17) is 11.6 Å². The highest BCUT2D eigenvalue weighted by atomic mass is 35.5. The topological polar surface area (TPSA) is 91.3 Å². The van der Waals surface area contributed by atoms with E-state index in [1.54, 1.807) is 35.8 Å². The zero-order valence-electron chi connectivity index (χ0n) is 20.0. The number of aryl methyl sites for hydroxylation is 2. The van der Waals surface area contributed by atoms with Crippen LogP contribution in [0.5, 0.6) is 5.75 Å². The molecule has 196 valence electrons. The molecular weight excluding hydrogens is 513 g/mol. The van der Waals surface area contributed by atoms with Crippen molar-refractivity contribution in [2.45, 2.75) is 39.2 Å². The number of hydrogen-bond donors (Lipinski definition) is 1. The molecule has 2 heterocycles. The highest BCUT2D eigenvalue weighted by Crippen LogP contribution is 2.27. The minimum absolute atomic E-state index is 0.0232. The Bertz CT molecular complexity index is 1560. The van der Waals surface area contributed by atoms with Gasteiger partial charge in [-0.05, 0) is 54.3 Å². The lowest BCUT2D eigenvalue weighted by atomic mass is 10.0. The van der Waals surface area contributed by atoms with Gasteiger partial charge in [-0.2, -0.15) is 0 Å². The van der Waals surface area contributed by atoms with Gasteiger partial charge in [0, 0.05) is 38.2 Å². The summed E-state index contributed by atoms with van der Waals surface area (Å²) in [5, 5.41) is 9.75. The number of halogens is 4. The lowest BCUT2D eigenvalue weighted by Gasteiger charge is -2.14. The molecule has 0 fully saturated rings. The second kappa shape index (κ2) is 10.4. The van der Waals surface area contributed by atoms with Gasteiger partial charge in [-0.25, -0.2) is 9.78 Å². The van der Waals surface area contributed by atoms with Gasteiger partial charge in [-0.3, -0.25) is 13.9 Å². The van der Waals surface area contributed by atoms with Crippen LogP contribution >= 0.6 is 11.6 Å². The van der Waals surface area contributed by atoms with Crippen molar-refractivity contribution >= 4 is 22.8 Å². The number of rotatable bonds is 8. The summed E-state index contributed by atoms with van der Waals surface area (Å²) in [6.45, 7) is 1.78. The van der Waals surface area contributed by atoms with E-state index < -0.39 is 17.6 Å². The maximum absolute atomic E-state index is 13.5. The smallest absolute Gasteiger partial charge is 0.406 e. The quantitative estimate of drug-likeness (QED) is 0.370. The number of imidazole rings is 1. The first kappa shape index (κ1) is 26.5. The van der Waals surface area contributed by atoms with Gasteiger partial charge in [0.15, 0.2) is 11.2 Å². The largest absolute Gasteiger partial charge is 0.573 e. The molecule has 0 radical (unpaired) electrons. The van der Waals surface area contributed by atoms with Crippen LogP contribution in [0.15, 0.2) is 52.1 Å². The highest BCUT2D eigenvalue weighted by molar-refractivity contribution is 6.30. The first-order chi connectivity index (χ1) is 17.5. The minimum atomic E-state index is -4.84. The maximum Gasteiger partial charge on any atom is 0.573 e.